The summed E-state index contributed by atoms with van der Waals surface area (Å²) in [6.07, 6.45) is 5.34. The van der Waals surface area contributed by atoms with Gasteiger partial charge in [-0.25, -0.2) is 4.98 Å². The third-order valence-corrected chi connectivity index (χ3v) is 2.30. The lowest BCUT2D eigenvalue weighted by molar-refractivity contribution is -0.118. The van der Waals surface area contributed by atoms with Gasteiger partial charge in [0.2, 0.25) is 11.6 Å². The van der Waals surface area contributed by atoms with Gasteiger partial charge in [0.15, 0.2) is 0 Å². The highest BCUT2D eigenvalue weighted by molar-refractivity contribution is 5.77. The molecule has 0 aliphatic rings. The quantitative estimate of drug-likeness (QED) is 0.822. The van der Waals surface area contributed by atoms with Crippen molar-refractivity contribution in [1.82, 2.24) is 4.98 Å². The molecule has 0 unspecified atom stereocenters. The van der Waals surface area contributed by atoms with Gasteiger partial charge in [-0.3, -0.25) is 4.79 Å². The van der Waals surface area contributed by atoms with E-state index in [0.717, 1.165) is 23.8 Å². The molecule has 0 aliphatic heterocycles. The summed E-state index contributed by atoms with van der Waals surface area (Å²) in [6, 6.07) is 3.83. The van der Waals surface area contributed by atoms with Crippen molar-refractivity contribution >= 4 is 17.0 Å². The molecule has 15 heavy (non-hydrogen) atoms. The number of hydrogen-bond acceptors (Lipinski definition) is 3. The van der Waals surface area contributed by atoms with Gasteiger partial charge in [-0.2, -0.15) is 0 Å². The van der Waals surface area contributed by atoms with E-state index in [2.05, 4.69) is 4.98 Å². The number of furan rings is 1. The normalized spacial score (nSPS) is 10.7. The molecule has 2 rings (SSSR count). The van der Waals surface area contributed by atoms with Crippen LogP contribution in [0.3, 0.4) is 0 Å². The van der Waals surface area contributed by atoms with E-state index in [1.54, 1.807) is 12.5 Å². The fraction of sp³-hybridized carbons (Fsp3) is 0.273. The first kappa shape index (κ1) is 9.71. The van der Waals surface area contributed by atoms with Gasteiger partial charge in [-0.05, 0) is 30.5 Å². The number of nitrogens with two attached hydrogens (primary N) is 1. The molecule has 4 nitrogen and oxygen atoms in total. The van der Waals surface area contributed by atoms with Gasteiger partial charge in [0.25, 0.3) is 0 Å². The smallest absolute Gasteiger partial charge is 0.226 e. The van der Waals surface area contributed by atoms with E-state index < -0.39 is 0 Å². The lowest BCUT2D eigenvalue weighted by atomic mass is 10.1. The summed E-state index contributed by atoms with van der Waals surface area (Å²) in [5.41, 5.74) is 6.80. The van der Waals surface area contributed by atoms with Crippen molar-refractivity contribution in [3.8, 4) is 0 Å². The van der Waals surface area contributed by atoms with Crippen LogP contribution < -0.4 is 5.73 Å². The fourth-order valence-electron chi connectivity index (χ4n) is 1.57. The Morgan fingerprint density at radius 1 is 1.53 bits per heavy atom. The number of hydrogen-bond donors (Lipinski definition) is 1. The number of carbonyl (C=O) groups is 1. The Morgan fingerprint density at radius 2 is 2.40 bits per heavy atom. The van der Waals surface area contributed by atoms with Crippen LogP contribution in [-0.2, 0) is 11.2 Å². The molecule has 0 atom stereocenters. The Hall–Kier alpha value is -1.84. The van der Waals surface area contributed by atoms with E-state index in [0.29, 0.717) is 12.1 Å². The molecule has 2 heterocycles. The van der Waals surface area contributed by atoms with Gasteiger partial charge < -0.3 is 10.2 Å². The van der Waals surface area contributed by atoms with Gasteiger partial charge in [-0.15, -0.1) is 0 Å². The van der Waals surface area contributed by atoms with Gasteiger partial charge in [0.1, 0.15) is 0 Å². The molecule has 2 N–H and O–H groups in total. The van der Waals surface area contributed by atoms with Crippen molar-refractivity contribution in [2.24, 2.45) is 5.73 Å². The SMILES string of the molecule is NC(=O)CCCc1coc2ncccc12. The number of rotatable bonds is 4. The Bertz CT molecular complexity index is 476. The van der Waals surface area contributed by atoms with Crippen LogP contribution in [0.5, 0.6) is 0 Å². The molecular weight excluding hydrogens is 192 g/mol. The van der Waals surface area contributed by atoms with Crippen LogP contribution in [0.25, 0.3) is 11.1 Å². The van der Waals surface area contributed by atoms with Gasteiger partial charge in [-0.1, -0.05) is 0 Å². The van der Waals surface area contributed by atoms with Crippen LogP contribution >= 0.6 is 0 Å². The molecule has 0 aromatic carbocycles. The van der Waals surface area contributed by atoms with E-state index >= 15 is 0 Å². The Labute approximate surface area is 87.1 Å². The molecule has 0 radical (unpaired) electrons. The second kappa shape index (κ2) is 4.13. The topological polar surface area (TPSA) is 69.1 Å². The monoisotopic (exact) mass is 204 g/mol. The molecule has 0 spiro atoms. The number of pyridine rings is 1. The zero-order valence-corrected chi connectivity index (χ0v) is 8.27. The van der Waals surface area contributed by atoms with Crippen LogP contribution in [-0.4, -0.2) is 10.9 Å². The lowest BCUT2D eigenvalue weighted by Crippen LogP contribution is -2.10. The third-order valence-electron chi connectivity index (χ3n) is 2.30. The average Bonchev–Trinajstić information content (AvgIpc) is 2.62. The molecule has 1 amide bonds. The summed E-state index contributed by atoms with van der Waals surface area (Å²) in [5, 5.41) is 1.02. The molecule has 0 saturated heterocycles. The molecule has 78 valence electrons. The number of aromatic nitrogens is 1. The molecule has 2 aromatic heterocycles. The summed E-state index contributed by atoms with van der Waals surface area (Å²) in [6.45, 7) is 0. The van der Waals surface area contributed by atoms with Crippen molar-refractivity contribution in [2.45, 2.75) is 19.3 Å². The van der Waals surface area contributed by atoms with Crippen molar-refractivity contribution in [3.05, 3.63) is 30.2 Å². The second-order valence-corrected chi connectivity index (χ2v) is 3.44. The predicted octanol–water partition coefficient (Wildman–Crippen LogP) is 1.64. The maximum atomic E-state index is 10.6. The summed E-state index contributed by atoms with van der Waals surface area (Å²) in [5.74, 6) is -0.263. The van der Waals surface area contributed by atoms with Crippen molar-refractivity contribution < 1.29 is 9.21 Å². The summed E-state index contributed by atoms with van der Waals surface area (Å²) in [7, 11) is 0. The Morgan fingerprint density at radius 3 is 3.20 bits per heavy atom. The first-order valence-corrected chi connectivity index (χ1v) is 4.87. The molecule has 4 heteroatoms. The van der Waals surface area contributed by atoms with Crippen LogP contribution in [0, 0.1) is 0 Å². The van der Waals surface area contributed by atoms with E-state index in [9.17, 15) is 4.79 Å². The van der Waals surface area contributed by atoms with Crippen LogP contribution in [0.2, 0.25) is 0 Å². The highest BCUT2D eigenvalue weighted by Gasteiger charge is 2.05. The highest BCUT2D eigenvalue weighted by Crippen LogP contribution is 2.20. The van der Waals surface area contributed by atoms with E-state index in [4.69, 9.17) is 10.2 Å². The largest absolute Gasteiger partial charge is 0.446 e. The van der Waals surface area contributed by atoms with Crippen molar-refractivity contribution in [1.29, 1.82) is 0 Å². The minimum atomic E-state index is -0.263. The minimum absolute atomic E-state index is 0.263. The summed E-state index contributed by atoms with van der Waals surface area (Å²) >= 11 is 0. The van der Waals surface area contributed by atoms with Crippen LogP contribution in [0.1, 0.15) is 18.4 Å². The maximum absolute atomic E-state index is 10.6. The van der Waals surface area contributed by atoms with E-state index in [1.165, 1.54) is 0 Å². The minimum Gasteiger partial charge on any atom is -0.446 e. The molecule has 2 aromatic rings. The molecule has 0 bridgehead atoms. The number of amides is 1. The highest BCUT2D eigenvalue weighted by atomic mass is 16.3. The Kier molecular flexibility index (Phi) is 2.67. The van der Waals surface area contributed by atoms with E-state index in [1.807, 2.05) is 12.1 Å². The molecule has 0 aliphatic carbocycles. The average molecular weight is 204 g/mol. The number of carbonyl (C=O) groups excluding carboxylic acids is 1. The van der Waals surface area contributed by atoms with Crippen LogP contribution in [0.4, 0.5) is 0 Å². The van der Waals surface area contributed by atoms with Gasteiger partial charge in [0, 0.05) is 18.0 Å². The second-order valence-electron chi connectivity index (χ2n) is 3.44. The van der Waals surface area contributed by atoms with Crippen LogP contribution in [0.15, 0.2) is 29.0 Å². The summed E-state index contributed by atoms with van der Waals surface area (Å²) < 4.78 is 5.28. The predicted molar refractivity (Wildman–Crippen MR) is 56.1 cm³/mol. The fourth-order valence-corrected chi connectivity index (χ4v) is 1.57. The summed E-state index contributed by atoms with van der Waals surface area (Å²) in [4.78, 5) is 14.7. The first-order valence-electron chi connectivity index (χ1n) is 4.87. The third kappa shape index (κ3) is 2.15. The van der Waals surface area contributed by atoms with Gasteiger partial charge in [0.05, 0.1) is 6.26 Å². The zero-order valence-electron chi connectivity index (χ0n) is 8.27. The number of primary amides is 1. The van der Waals surface area contributed by atoms with E-state index in [-0.39, 0.29) is 5.91 Å². The molecular formula is C11H12N2O2. The standard InChI is InChI=1S/C11H12N2O2/c12-10(14)5-1-3-8-7-15-11-9(8)4-2-6-13-11/h2,4,6-7H,1,3,5H2,(H2,12,14). The lowest BCUT2D eigenvalue weighted by Gasteiger charge is -1.95. The maximum Gasteiger partial charge on any atom is 0.226 e. The number of aryl methyl sites for hydroxylation is 1. The molecule has 0 saturated carbocycles. The number of nitrogens with zero attached hydrogens (tertiary/aromatic N) is 1. The number of fused-ring (bicyclic) bond motifs is 1. The Balaban J connectivity index is 2.11. The molecule has 0 fully saturated rings. The van der Waals surface area contributed by atoms with Gasteiger partial charge >= 0.3 is 0 Å². The van der Waals surface area contributed by atoms with Crippen molar-refractivity contribution in [3.63, 3.8) is 0 Å². The van der Waals surface area contributed by atoms with Crippen molar-refractivity contribution in [2.75, 3.05) is 0 Å². The zero-order chi connectivity index (χ0) is 10.7. The first-order chi connectivity index (χ1) is 7.27.